The normalized spacial score (nSPS) is 10.5. The van der Waals surface area contributed by atoms with Gasteiger partial charge < -0.3 is 19.1 Å². The first kappa shape index (κ1) is 14.0. The summed E-state index contributed by atoms with van der Waals surface area (Å²) in [7, 11) is 1.52. The number of benzene rings is 1. The van der Waals surface area contributed by atoms with Crippen LogP contribution in [0.25, 0.3) is 0 Å². The Balaban J connectivity index is 2.10. The van der Waals surface area contributed by atoms with E-state index in [-0.39, 0.29) is 19.0 Å². The van der Waals surface area contributed by atoms with Crippen LogP contribution in [-0.2, 0) is 18.0 Å². The number of carboxylic acid groups (broad SMARTS) is 1. The Bertz CT molecular complexity index is 611. The highest BCUT2D eigenvalue weighted by Crippen LogP contribution is 2.22. The molecule has 0 aliphatic rings. The predicted molar refractivity (Wildman–Crippen MR) is 64.9 cm³/mol. The van der Waals surface area contributed by atoms with Crippen LogP contribution in [0.5, 0.6) is 5.75 Å². The predicted octanol–water partition coefficient (Wildman–Crippen LogP) is 2.24. The molecule has 20 heavy (non-hydrogen) atoms. The van der Waals surface area contributed by atoms with Crippen LogP contribution in [0.1, 0.15) is 21.8 Å². The van der Waals surface area contributed by atoms with Gasteiger partial charge in [0.25, 0.3) is 0 Å². The Morgan fingerprint density at radius 3 is 2.95 bits per heavy atom. The van der Waals surface area contributed by atoms with Crippen molar-refractivity contribution < 1.29 is 28.3 Å². The van der Waals surface area contributed by atoms with Gasteiger partial charge in [-0.2, -0.15) is 0 Å². The quantitative estimate of drug-likeness (QED) is 0.874. The molecule has 0 aliphatic carbocycles. The zero-order valence-electron chi connectivity index (χ0n) is 10.6. The van der Waals surface area contributed by atoms with Crippen LogP contribution in [0.3, 0.4) is 0 Å². The van der Waals surface area contributed by atoms with Gasteiger partial charge >= 0.3 is 5.97 Å². The van der Waals surface area contributed by atoms with Gasteiger partial charge in [0.2, 0.25) is 0 Å². The van der Waals surface area contributed by atoms with Crippen LogP contribution in [0.2, 0.25) is 0 Å². The number of rotatable bonds is 6. The second-order valence-corrected chi connectivity index (χ2v) is 3.92. The number of nitrogens with zero attached hydrogens (tertiary/aromatic N) is 1. The van der Waals surface area contributed by atoms with Crippen LogP contribution < -0.4 is 4.74 Å². The summed E-state index contributed by atoms with van der Waals surface area (Å²) in [6.45, 7) is 0.240. The van der Waals surface area contributed by atoms with Gasteiger partial charge in [-0.1, -0.05) is 11.2 Å². The number of aromatic nitrogens is 1. The molecule has 0 aliphatic heterocycles. The largest absolute Gasteiger partial charge is 0.486 e. The number of hydrogen-bond donors (Lipinski definition) is 1. The molecule has 2 rings (SSSR count). The molecule has 0 amide bonds. The summed E-state index contributed by atoms with van der Waals surface area (Å²) in [5, 5.41) is 12.7. The summed E-state index contributed by atoms with van der Waals surface area (Å²) < 4.78 is 28.5. The number of carboxylic acids is 1. The molecule has 1 aromatic carbocycles. The van der Waals surface area contributed by atoms with Crippen molar-refractivity contribution in [3.05, 3.63) is 47.1 Å². The van der Waals surface area contributed by atoms with Crippen molar-refractivity contribution in [2.75, 3.05) is 7.11 Å². The average molecular weight is 281 g/mol. The second kappa shape index (κ2) is 6.16. The van der Waals surface area contributed by atoms with Crippen molar-refractivity contribution in [1.82, 2.24) is 5.16 Å². The molecule has 2 aromatic rings. The highest BCUT2D eigenvalue weighted by molar-refractivity contribution is 5.91. The lowest BCUT2D eigenvalue weighted by atomic mass is 10.2. The first-order valence-corrected chi connectivity index (χ1v) is 5.70. The maximum absolute atomic E-state index is 13.4. The number of ether oxygens (including phenoxy) is 2. The molecule has 0 saturated heterocycles. The lowest BCUT2D eigenvalue weighted by Crippen LogP contribution is -2.06. The minimum absolute atomic E-state index is 0.0308. The molecule has 0 spiro atoms. The molecule has 106 valence electrons. The zero-order chi connectivity index (χ0) is 14.5. The molecule has 0 fully saturated rings. The van der Waals surface area contributed by atoms with Gasteiger partial charge in [0.15, 0.2) is 5.76 Å². The van der Waals surface area contributed by atoms with Crippen molar-refractivity contribution in [3.8, 4) is 5.75 Å². The topological polar surface area (TPSA) is 81.8 Å². The molecule has 1 heterocycles. The van der Waals surface area contributed by atoms with E-state index in [1.807, 2.05) is 0 Å². The van der Waals surface area contributed by atoms with Crippen molar-refractivity contribution in [1.29, 1.82) is 0 Å². The van der Waals surface area contributed by atoms with Crippen molar-refractivity contribution >= 4 is 5.97 Å². The molecular weight excluding hydrogens is 269 g/mol. The molecule has 0 bridgehead atoms. The van der Waals surface area contributed by atoms with E-state index >= 15 is 0 Å². The van der Waals surface area contributed by atoms with E-state index in [9.17, 15) is 9.18 Å². The summed E-state index contributed by atoms with van der Waals surface area (Å²) >= 11 is 0. The van der Waals surface area contributed by atoms with E-state index in [2.05, 4.69) is 5.16 Å². The fraction of sp³-hybridized carbons (Fsp3) is 0.231. The van der Waals surface area contributed by atoms with Gasteiger partial charge in [0.1, 0.15) is 36.0 Å². The van der Waals surface area contributed by atoms with Crippen LogP contribution in [0.15, 0.2) is 28.8 Å². The van der Waals surface area contributed by atoms with Crippen LogP contribution in [-0.4, -0.2) is 23.3 Å². The monoisotopic (exact) mass is 281 g/mol. The minimum Gasteiger partial charge on any atom is -0.486 e. The first-order chi connectivity index (χ1) is 9.61. The Kier molecular flexibility index (Phi) is 4.31. The first-order valence-electron chi connectivity index (χ1n) is 5.70. The molecule has 1 N–H and O–H groups in total. The summed E-state index contributed by atoms with van der Waals surface area (Å²) in [4.78, 5) is 11.0. The maximum Gasteiger partial charge on any atom is 0.342 e. The van der Waals surface area contributed by atoms with Gasteiger partial charge in [0, 0.05) is 13.2 Å². The van der Waals surface area contributed by atoms with Crippen molar-refractivity contribution in [2.24, 2.45) is 0 Å². The summed E-state index contributed by atoms with van der Waals surface area (Å²) in [6.07, 6.45) is 0. The highest BCUT2D eigenvalue weighted by Gasteiger charge is 2.17. The number of halogens is 1. The van der Waals surface area contributed by atoms with Gasteiger partial charge in [-0.3, -0.25) is 0 Å². The van der Waals surface area contributed by atoms with Crippen molar-refractivity contribution in [2.45, 2.75) is 13.2 Å². The standard InChI is InChI=1S/C13H12FNO5/c1-18-7-9-5-8(15-20-9)6-19-11-4-2-3-10(14)12(11)13(16)17/h2-5H,6-7H2,1H3,(H,16,17). The smallest absolute Gasteiger partial charge is 0.342 e. The average Bonchev–Trinajstić information content (AvgIpc) is 2.84. The van der Waals surface area contributed by atoms with E-state index in [1.54, 1.807) is 6.07 Å². The minimum atomic E-state index is -1.39. The summed E-state index contributed by atoms with van der Waals surface area (Å²) in [6, 6.07) is 5.42. The lowest BCUT2D eigenvalue weighted by molar-refractivity contribution is 0.0686. The summed E-state index contributed by atoms with van der Waals surface area (Å²) in [5.74, 6) is -1.79. The van der Waals surface area contributed by atoms with E-state index in [0.29, 0.717) is 11.5 Å². The molecule has 7 heteroatoms. The zero-order valence-corrected chi connectivity index (χ0v) is 10.6. The molecule has 0 radical (unpaired) electrons. The fourth-order valence-corrected chi connectivity index (χ4v) is 1.62. The Morgan fingerprint density at radius 2 is 2.25 bits per heavy atom. The number of methoxy groups -OCH3 is 1. The second-order valence-electron chi connectivity index (χ2n) is 3.92. The Labute approximate surface area is 113 Å². The third kappa shape index (κ3) is 3.12. The highest BCUT2D eigenvalue weighted by atomic mass is 19.1. The van der Waals surface area contributed by atoms with Crippen LogP contribution >= 0.6 is 0 Å². The third-order valence-corrected chi connectivity index (χ3v) is 2.46. The maximum atomic E-state index is 13.4. The number of carbonyl (C=O) groups is 1. The van der Waals surface area contributed by atoms with E-state index in [1.165, 1.54) is 19.2 Å². The molecule has 0 atom stereocenters. The summed E-state index contributed by atoms with van der Waals surface area (Å²) in [5.41, 5.74) is -0.0502. The number of aromatic carboxylic acids is 1. The van der Waals surface area contributed by atoms with Crippen molar-refractivity contribution in [3.63, 3.8) is 0 Å². The van der Waals surface area contributed by atoms with Gasteiger partial charge in [-0.15, -0.1) is 0 Å². The van der Waals surface area contributed by atoms with Crippen LogP contribution in [0, 0.1) is 5.82 Å². The van der Waals surface area contributed by atoms with E-state index < -0.39 is 17.3 Å². The molecule has 1 aromatic heterocycles. The molecule has 0 unspecified atom stereocenters. The molecule has 0 saturated carbocycles. The third-order valence-electron chi connectivity index (χ3n) is 2.46. The van der Waals surface area contributed by atoms with E-state index in [4.69, 9.17) is 19.1 Å². The SMILES string of the molecule is COCc1cc(COc2cccc(F)c2C(=O)O)no1. The van der Waals surface area contributed by atoms with E-state index in [0.717, 1.165) is 6.07 Å². The molecule has 6 nitrogen and oxygen atoms in total. The van der Waals surface area contributed by atoms with Gasteiger partial charge in [0.05, 0.1) is 0 Å². The van der Waals surface area contributed by atoms with Crippen LogP contribution in [0.4, 0.5) is 4.39 Å². The Hall–Kier alpha value is -2.41. The lowest BCUT2D eigenvalue weighted by Gasteiger charge is -2.07. The fourth-order valence-electron chi connectivity index (χ4n) is 1.62. The molecular formula is C13H12FNO5. The van der Waals surface area contributed by atoms with Gasteiger partial charge in [-0.05, 0) is 12.1 Å². The van der Waals surface area contributed by atoms with Gasteiger partial charge in [-0.25, -0.2) is 9.18 Å². The number of hydrogen-bond acceptors (Lipinski definition) is 5. The Morgan fingerprint density at radius 1 is 1.45 bits per heavy atom.